The van der Waals surface area contributed by atoms with Crippen molar-refractivity contribution in [1.29, 1.82) is 0 Å². The van der Waals surface area contributed by atoms with E-state index in [9.17, 15) is 14.5 Å². The monoisotopic (exact) mass is 353 g/mol. The number of hydrogen-bond acceptors (Lipinski definition) is 6. The first-order valence-electron chi connectivity index (χ1n) is 8.24. The number of esters is 1. The lowest BCUT2D eigenvalue weighted by molar-refractivity contribution is -0.131. The minimum atomic E-state index is -0.629. The molecule has 2 aromatic carbocycles. The van der Waals surface area contributed by atoms with Crippen LogP contribution in [0.5, 0.6) is 0 Å². The van der Waals surface area contributed by atoms with Crippen molar-refractivity contribution in [3.05, 3.63) is 64.6 Å². The standard InChI is InChI=1S/C19H19N3O4/c1-26-19(24)16-11-15(7-8-17(16)20-25)21-9-10-22(18(23)13-21)12-14-5-3-2-4-6-14/h2-8,11H,9-10,12-13H2,1H3. The smallest absolute Gasteiger partial charge is 0.340 e. The van der Waals surface area contributed by atoms with Gasteiger partial charge in [-0.15, -0.1) is 4.91 Å². The molecule has 0 atom stereocenters. The Morgan fingerprint density at radius 2 is 1.92 bits per heavy atom. The molecule has 1 fully saturated rings. The average molecular weight is 353 g/mol. The van der Waals surface area contributed by atoms with Gasteiger partial charge in [-0.3, -0.25) is 4.79 Å². The molecule has 1 saturated heterocycles. The Morgan fingerprint density at radius 1 is 1.15 bits per heavy atom. The molecule has 2 aromatic rings. The van der Waals surface area contributed by atoms with Crippen LogP contribution in [0.1, 0.15) is 15.9 Å². The lowest BCUT2D eigenvalue weighted by Crippen LogP contribution is -2.50. The van der Waals surface area contributed by atoms with E-state index in [1.54, 1.807) is 12.1 Å². The van der Waals surface area contributed by atoms with Crippen LogP contribution in [0.15, 0.2) is 53.7 Å². The summed E-state index contributed by atoms with van der Waals surface area (Å²) in [7, 11) is 1.25. The van der Waals surface area contributed by atoms with E-state index in [4.69, 9.17) is 4.74 Å². The largest absolute Gasteiger partial charge is 0.465 e. The molecule has 0 N–H and O–H groups in total. The SMILES string of the molecule is COC(=O)c1cc(N2CCN(Cc3ccccc3)C(=O)C2)ccc1N=O. The van der Waals surface area contributed by atoms with Crippen molar-refractivity contribution in [1.82, 2.24) is 4.90 Å². The molecular formula is C19H19N3O4. The third-order valence-corrected chi connectivity index (χ3v) is 4.38. The van der Waals surface area contributed by atoms with Crippen LogP contribution in [0.4, 0.5) is 11.4 Å². The molecule has 1 amide bonds. The minimum Gasteiger partial charge on any atom is -0.465 e. The summed E-state index contributed by atoms with van der Waals surface area (Å²) < 4.78 is 4.69. The highest BCUT2D eigenvalue weighted by Gasteiger charge is 2.25. The molecule has 0 unspecified atom stereocenters. The average Bonchev–Trinajstić information content (AvgIpc) is 2.69. The second kappa shape index (κ2) is 7.77. The summed E-state index contributed by atoms with van der Waals surface area (Å²) in [6.45, 7) is 2.00. The van der Waals surface area contributed by atoms with Crippen LogP contribution in [0.2, 0.25) is 0 Å². The number of benzene rings is 2. The fourth-order valence-electron chi connectivity index (χ4n) is 2.97. The van der Waals surface area contributed by atoms with Crippen molar-refractivity contribution in [2.24, 2.45) is 5.18 Å². The van der Waals surface area contributed by atoms with Crippen LogP contribution >= 0.6 is 0 Å². The van der Waals surface area contributed by atoms with Gasteiger partial charge >= 0.3 is 5.97 Å². The number of anilines is 1. The van der Waals surface area contributed by atoms with E-state index in [1.165, 1.54) is 13.2 Å². The molecule has 1 heterocycles. The Labute approximate surface area is 151 Å². The zero-order valence-electron chi connectivity index (χ0n) is 14.4. The van der Waals surface area contributed by atoms with Gasteiger partial charge in [-0.25, -0.2) is 4.79 Å². The number of nitrogens with zero attached hydrogens (tertiary/aromatic N) is 3. The first-order chi connectivity index (χ1) is 12.6. The fourth-order valence-corrected chi connectivity index (χ4v) is 2.97. The minimum absolute atomic E-state index is 0.0114. The predicted octanol–water partition coefficient (Wildman–Crippen LogP) is 2.72. The first-order valence-corrected chi connectivity index (χ1v) is 8.24. The second-order valence-corrected chi connectivity index (χ2v) is 6.01. The van der Waals surface area contributed by atoms with Gasteiger partial charge in [0.05, 0.1) is 19.2 Å². The molecule has 134 valence electrons. The van der Waals surface area contributed by atoms with Gasteiger partial charge in [-0.2, -0.15) is 0 Å². The van der Waals surface area contributed by atoms with Gasteiger partial charge < -0.3 is 14.5 Å². The molecule has 0 saturated carbocycles. The summed E-state index contributed by atoms with van der Waals surface area (Å²) in [5.74, 6) is -0.618. The van der Waals surface area contributed by atoms with E-state index in [-0.39, 0.29) is 23.7 Å². The maximum Gasteiger partial charge on any atom is 0.340 e. The van der Waals surface area contributed by atoms with Crippen molar-refractivity contribution in [2.75, 3.05) is 31.6 Å². The van der Waals surface area contributed by atoms with Crippen LogP contribution in [0.3, 0.4) is 0 Å². The number of hydrogen-bond donors (Lipinski definition) is 0. The number of nitroso groups, excluding NO2 is 1. The maximum absolute atomic E-state index is 12.5. The van der Waals surface area contributed by atoms with Crippen molar-refractivity contribution in [3.8, 4) is 0 Å². The van der Waals surface area contributed by atoms with Gasteiger partial charge in [0, 0.05) is 25.3 Å². The van der Waals surface area contributed by atoms with Crippen LogP contribution < -0.4 is 4.90 Å². The van der Waals surface area contributed by atoms with Crippen molar-refractivity contribution in [3.63, 3.8) is 0 Å². The van der Waals surface area contributed by atoms with Gasteiger partial charge in [0.2, 0.25) is 5.91 Å². The zero-order valence-corrected chi connectivity index (χ0v) is 14.4. The van der Waals surface area contributed by atoms with Crippen LogP contribution in [-0.4, -0.2) is 43.5 Å². The number of carbonyl (C=O) groups excluding carboxylic acids is 2. The van der Waals surface area contributed by atoms with Crippen molar-refractivity contribution < 1.29 is 14.3 Å². The number of carbonyl (C=O) groups is 2. The van der Waals surface area contributed by atoms with Gasteiger partial charge in [0.25, 0.3) is 0 Å². The predicted molar refractivity (Wildman–Crippen MR) is 97.3 cm³/mol. The van der Waals surface area contributed by atoms with E-state index in [2.05, 4.69) is 5.18 Å². The van der Waals surface area contributed by atoms with E-state index >= 15 is 0 Å². The summed E-state index contributed by atoms with van der Waals surface area (Å²) in [6, 6.07) is 14.5. The topological polar surface area (TPSA) is 79.3 Å². The molecule has 7 heteroatoms. The number of amides is 1. The van der Waals surface area contributed by atoms with Crippen molar-refractivity contribution in [2.45, 2.75) is 6.54 Å². The Kier molecular flexibility index (Phi) is 5.26. The summed E-state index contributed by atoms with van der Waals surface area (Å²) in [5, 5.41) is 2.86. The van der Waals surface area contributed by atoms with Gasteiger partial charge in [0.1, 0.15) is 5.69 Å². The van der Waals surface area contributed by atoms with E-state index in [1.807, 2.05) is 40.1 Å². The molecule has 7 nitrogen and oxygen atoms in total. The number of rotatable bonds is 5. The van der Waals surface area contributed by atoms with Crippen LogP contribution in [-0.2, 0) is 16.1 Å². The summed E-state index contributed by atoms with van der Waals surface area (Å²) in [5.41, 5.74) is 1.89. The van der Waals surface area contributed by atoms with Gasteiger partial charge in [-0.05, 0) is 28.9 Å². The van der Waals surface area contributed by atoms with E-state index < -0.39 is 5.97 Å². The molecule has 1 aliphatic rings. The Balaban J connectivity index is 1.73. The molecule has 0 aromatic heterocycles. The number of methoxy groups -OCH3 is 1. The number of ether oxygens (including phenoxy) is 1. The first kappa shape index (κ1) is 17.6. The molecule has 1 aliphatic heterocycles. The van der Waals surface area contributed by atoms with Gasteiger partial charge in [-0.1, -0.05) is 30.3 Å². The van der Waals surface area contributed by atoms with Gasteiger partial charge in [0.15, 0.2) is 0 Å². The van der Waals surface area contributed by atoms with Crippen molar-refractivity contribution >= 4 is 23.3 Å². The Bertz CT molecular complexity index is 823. The Morgan fingerprint density at radius 3 is 2.58 bits per heavy atom. The maximum atomic E-state index is 12.5. The Hall–Kier alpha value is -3.22. The zero-order chi connectivity index (χ0) is 18.5. The molecule has 0 radical (unpaired) electrons. The summed E-state index contributed by atoms with van der Waals surface area (Å²) in [4.78, 5) is 38.9. The highest BCUT2D eigenvalue weighted by Crippen LogP contribution is 2.27. The molecule has 0 bridgehead atoms. The third kappa shape index (κ3) is 3.72. The van der Waals surface area contributed by atoms with Crippen LogP contribution in [0, 0.1) is 4.91 Å². The normalized spacial score (nSPS) is 14.3. The molecule has 26 heavy (non-hydrogen) atoms. The fraction of sp³-hybridized carbons (Fsp3) is 0.263. The third-order valence-electron chi connectivity index (χ3n) is 4.38. The summed E-state index contributed by atoms with van der Waals surface area (Å²) >= 11 is 0. The quantitative estimate of drug-likeness (QED) is 0.610. The molecule has 0 aliphatic carbocycles. The van der Waals surface area contributed by atoms with E-state index in [0.29, 0.717) is 25.3 Å². The lowest BCUT2D eigenvalue weighted by Gasteiger charge is -2.35. The van der Waals surface area contributed by atoms with E-state index in [0.717, 1.165) is 5.56 Å². The molecule has 0 spiro atoms. The highest BCUT2D eigenvalue weighted by molar-refractivity contribution is 5.96. The van der Waals surface area contributed by atoms with Crippen LogP contribution in [0.25, 0.3) is 0 Å². The number of piperazine rings is 1. The molecular weight excluding hydrogens is 334 g/mol. The highest BCUT2D eigenvalue weighted by atomic mass is 16.5. The molecule has 3 rings (SSSR count). The summed E-state index contributed by atoms with van der Waals surface area (Å²) in [6.07, 6.45) is 0. The second-order valence-electron chi connectivity index (χ2n) is 6.01. The lowest BCUT2D eigenvalue weighted by atomic mass is 10.1.